The molecule has 1 fully saturated rings. The zero-order valence-electron chi connectivity index (χ0n) is 9.20. The van der Waals surface area contributed by atoms with Gasteiger partial charge in [-0.15, -0.1) is 0 Å². The molecule has 1 aliphatic rings. The molecule has 0 saturated carbocycles. The van der Waals surface area contributed by atoms with Crippen molar-refractivity contribution in [2.75, 3.05) is 13.2 Å². The SMILES string of the molecule is O=C(c1cc(Cl)ccc1F)N1CCC[C@H]1CO. The molecule has 0 spiro atoms. The van der Waals surface area contributed by atoms with Gasteiger partial charge in [0.25, 0.3) is 5.91 Å². The van der Waals surface area contributed by atoms with E-state index in [-0.39, 0.29) is 18.2 Å². The Bertz CT molecular complexity index is 439. The van der Waals surface area contributed by atoms with Crippen LogP contribution < -0.4 is 0 Å². The first-order chi connectivity index (χ1) is 8.13. The Kier molecular flexibility index (Phi) is 3.64. The lowest BCUT2D eigenvalue weighted by atomic mass is 10.1. The van der Waals surface area contributed by atoms with Gasteiger partial charge in [-0.05, 0) is 31.0 Å². The van der Waals surface area contributed by atoms with Crippen molar-refractivity contribution in [3.63, 3.8) is 0 Å². The Labute approximate surface area is 104 Å². The standard InChI is InChI=1S/C12H13ClFNO2/c13-8-3-4-11(14)10(6-8)12(17)15-5-1-2-9(15)7-16/h3-4,6,9,16H,1-2,5,7H2/t9-/m0/s1. The maximum atomic E-state index is 13.5. The van der Waals surface area contributed by atoms with Crippen LogP contribution in [0.5, 0.6) is 0 Å². The van der Waals surface area contributed by atoms with Gasteiger partial charge >= 0.3 is 0 Å². The fourth-order valence-corrected chi connectivity index (χ4v) is 2.28. The quantitative estimate of drug-likeness (QED) is 0.881. The number of nitrogens with zero attached hydrogens (tertiary/aromatic N) is 1. The second-order valence-electron chi connectivity index (χ2n) is 4.10. The second kappa shape index (κ2) is 5.02. The minimum absolute atomic E-state index is 0.0298. The lowest BCUT2D eigenvalue weighted by molar-refractivity contribution is 0.0673. The van der Waals surface area contributed by atoms with E-state index in [1.165, 1.54) is 23.1 Å². The summed E-state index contributed by atoms with van der Waals surface area (Å²) in [5.74, 6) is -0.982. The van der Waals surface area contributed by atoms with Gasteiger partial charge < -0.3 is 10.0 Å². The average molecular weight is 258 g/mol. The van der Waals surface area contributed by atoms with Gasteiger partial charge in [-0.2, -0.15) is 0 Å². The van der Waals surface area contributed by atoms with E-state index in [0.29, 0.717) is 11.6 Å². The maximum absolute atomic E-state index is 13.5. The number of hydrogen-bond donors (Lipinski definition) is 1. The Hall–Kier alpha value is -1.13. The fourth-order valence-electron chi connectivity index (χ4n) is 2.11. The van der Waals surface area contributed by atoms with Crippen LogP contribution in [0, 0.1) is 5.82 Å². The smallest absolute Gasteiger partial charge is 0.257 e. The topological polar surface area (TPSA) is 40.5 Å². The Morgan fingerprint density at radius 3 is 3.06 bits per heavy atom. The van der Waals surface area contributed by atoms with Gasteiger partial charge in [-0.25, -0.2) is 4.39 Å². The Balaban J connectivity index is 2.27. The third kappa shape index (κ3) is 2.42. The molecule has 0 unspecified atom stereocenters. The average Bonchev–Trinajstić information content (AvgIpc) is 2.79. The van der Waals surface area contributed by atoms with Gasteiger partial charge in [0.15, 0.2) is 0 Å². The second-order valence-corrected chi connectivity index (χ2v) is 4.54. The first kappa shape index (κ1) is 12.3. The van der Waals surface area contributed by atoms with Crippen LogP contribution in [-0.4, -0.2) is 35.1 Å². The van der Waals surface area contributed by atoms with Crippen molar-refractivity contribution in [3.05, 3.63) is 34.6 Å². The van der Waals surface area contributed by atoms with E-state index in [2.05, 4.69) is 0 Å². The van der Waals surface area contributed by atoms with Crippen molar-refractivity contribution in [1.29, 1.82) is 0 Å². The first-order valence-corrected chi connectivity index (χ1v) is 5.88. The normalized spacial score (nSPS) is 19.7. The van der Waals surface area contributed by atoms with Gasteiger partial charge in [-0.1, -0.05) is 11.6 Å². The summed E-state index contributed by atoms with van der Waals surface area (Å²) < 4.78 is 13.5. The molecular weight excluding hydrogens is 245 g/mol. The summed E-state index contributed by atoms with van der Waals surface area (Å²) >= 11 is 5.75. The highest BCUT2D eigenvalue weighted by atomic mass is 35.5. The molecule has 0 bridgehead atoms. The van der Waals surface area contributed by atoms with E-state index in [0.717, 1.165) is 12.8 Å². The maximum Gasteiger partial charge on any atom is 0.257 e. The molecule has 1 aliphatic heterocycles. The number of rotatable bonds is 2. The molecule has 92 valence electrons. The highest BCUT2D eigenvalue weighted by Gasteiger charge is 2.30. The number of carbonyl (C=O) groups is 1. The number of amides is 1. The molecule has 0 radical (unpaired) electrons. The fraction of sp³-hybridized carbons (Fsp3) is 0.417. The van der Waals surface area contributed by atoms with Crippen LogP contribution in [0.15, 0.2) is 18.2 Å². The van der Waals surface area contributed by atoms with E-state index >= 15 is 0 Å². The predicted molar refractivity (Wildman–Crippen MR) is 62.6 cm³/mol. The summed E-state index contributed by atoms with van der Waals surface area (Å²) in [6.07, 6.45) is 1.59. The van der Waals surface area contributed by atoms with Crippen molar-refractivity contribution in [2.45, 2.75) is 18.9 Å². The molecule has 3 nitrogen and oxygen atoms in total. The Morgan fingerprint density at radius 2 is 2.35 bits per heavy atom. The zero-order valence-corrected chi connectivity index (χ0v) is 9.95. The van der Waals surface area contributed by atoms with E-state index in [1.54, 1.807) is 0 Å². The lowest BCUT2D eigenvalue weighted by Gasteiger charge is -2.23. The van der Waals surface area contributed by atoms with Gasteiger partial charge in [-0.3, -0.25) is 4.79 Å². The molecule has 1 aromatic rings. The van der Waals surface area contributed by atoms with Crippen molar-refractivity contribution in [3.8, 4) is 0 Å². The molecule has 5 heteroatoms. The van der Waals surface area contributed by atoms with Gasteiger partial charge in [0.05, 0.1) is 18.2 Å². The highest BCUT2D eigenvalue weighted by molar-refractivity contribution is 6.31. The van der Waals surface area contributed by atoms with Gasteiger partial charge in [0.2, 0.25) is 0 Å². The van der Waals surface area contributed by atoms with Crippen LogP contribution in [0.4, 0.5) is 4.39 Å². The number of halogens is 2. The molecule has 0 aromatic heterocycles. The molecule has 1 amide bonds. The highest BCUT2D eigenvalue weighted by Crippen LogP contribution is 2.22. The predicted octanol–water partition coefficient (Wildman–Crippen LogP) is 2.08. The van der Waals surface area contributed by atoms with Gasteiger partial charge in [0.1, 0.15) is 5.82 Å². The Morgan fingerprint density at radius 1 is 1.59 bits per heavy atom. The summed E-state index contributed by atoms with van der Waals surface area (Å²) in [7, 11) is 0. The number of aliphatic hydroxyl groups is 1. The largest absolute Gasteiger partial charge is 0.394 e. The molecular formula is C12H13ClFNO2. The van der Waals surface area contributed by atoms with Gasteiger partial charge in [0, 0.05) is 11.6 Å². The third-order valence-electron chi connectivity index (χ3n) is 3.01. The van der Waals surface area contributed by atoms with Crippen LogP contribution in [-0.2, 0) is 0 Å². The molecule has 1 atom stereocenters. The van der Waals surface area contributed by atoms with Crippen LogP contribution in [0.25, 0.3) is 0 Å². The monoisotopic (exact) mass is 257 g/mol. The van der Waals surface area contributed by atoms with E-state index < -0.39 is 11.7 Å². The molecule has 17 heavy (non-hydrogen) atoms. The molecule has 1 N–H and O–H groups in total. The number of likely N-dealkylation sites (tertiary alicyclic amines) is 1. The zero-order chi connectivity index (χ0) is 12.4. The number of carbonyl (C=O) groups excluding carboxylic acids is 1. The van der Waals surface area contributed by atoms with Crippen molar-refractivity contribution in [1.82, 2.24) is 4.90 Å². The van der Waals surface area contributed by atoms with Crippen molar-refractivity contribution < 1.29 is 14.3 Å². The minimum atomic E-state index is -0.581. The first-order valence-electron chi connectivity index (χ1n) is 5.50. The summed E-state index contributed by atoms with van der Waals surface area (Å²) in [5, 5.41) is 9.47. The lowest BCUT2D eigenvalue weighted by Crippen LogP contribution is -2.38. The van der Waals surface area contributed by atoms with Crippen molar-refractivity contribution >= 4 is 17.5 Å². The third-order valence-corrected chi connectivity index (χ3v) is 3.24. The van der Waals surface area contributed by atoms with E-state index in [9.17, 15) is 9.18 Å². The summed E-state index contributed by atoms with van der Waals surface area (Å²) in [6, 6.07) is 3.70. The van der Waals surface area contributed by atoms with Crippen LogP contribution >= 0.6 is 11.6 Å². The van der Waals surface area contributed by atoms with Crippen molar-refractivity contribution in [2.24, 2.45) is 0 Å². The van der Waals surface area contributed by atoms with Crippen LogP contribution in [0.1, 0.15) is 23.2 Å². The summed E-state index contributed by atoms with van der Waals surface area (Å²) in [5.41, 5.74) is -0.0298. The molecule has 2 rings (SSSR count). The number of benzene rings is 1. The molecule has 1 aromatic carbocycles. The molecule has 0 aliphatic carbocycles. The van der Waals surface area contributed by atoms with E-state index in [4.69, 9.17) is 16.7 Å². The number of hydrogen-bond acceptors (Lipinski definition) is 2. The van der Waals surface area contributed by atoms with E-state index in [1.807, 2.05) is 0 Å². The summed E-state index contributed by atoms with van der Waals surface area (Å²) in [4.78, 5) is 13.6. The summed E-state index contributed by atoms with van der Waals surface area (Å²) in [6.45, 7) is 0.462. The number of aliphatic hydroxyl groups excluding tert-OH is 1. The molecule has 1 heterocycles. The van der Waals surface area contributed by atoms with Crippen LogP contribution in [0.3, 0.4) is 0 Å². The van der Waals surface area contributed by atoms with Crippen LogP contribution in [0.2, 0.25) is 5.02 Å². The molecule has 1 saturated heterocycles. The minimum Gasteiger partial charge on any atom is -0.394 e.